The minimum absolute atomic E-state index is 0.696. The first kappa shape index (κ1) is 16.7. The van der Waals surface area contributed by atoms with Crippen LogP contribution >= 0.6 is 11.8 Å². The second kappa shape index (κ2) is 6.84. The molecule has 0 radical (unpaired) electrons. The highest BCUT2D eigenvalue weighted by atomic mass is 32.2. The summed E-state index contributed by atoms with van der Waals surface area (Å²) in [6, 6.07) is 16.6. The average Bonchev–Trinajstić information content (AvgIpc) is 3.07. The predicted molar refractivity (Wildman–Crippen MR) is 107 cm³/mol. The Bertz CT molecular complexity index is 1070. The van der Waals surface area contributed by atoms with Crippen LogP contribution in [-0.2, 0) is 0 Å². The van der Waals surface area contributed by atoms with Crippen molar-refractivity contribution in [3.63, 3.8) is 0 Å². The van der Waals surface area contributed by atoms with Gasteiger partial charge in [0.1, 0.15) is 5.75 Å². The first-order valence-electron chi connectivity index (χ1n) is 8.34. The Kier molecular flexibility index (Phi) is 4.39. The van der Waals surface area contributed by atoms with Crippen molar-refractivity contribution in [2.24, 2.45) is 0 Å². The van der Waals surface area contributed by atoms with Crippen LogP contribution in [0.25, 0.3) is 28.3 Å². The Morgan fingerprint density at radius 2 is 1.88 bits per heavy atom. The summed E-state index contributed by atoms with van der Waals surface area (Å²) in [4.78, 5) is 10.5. The second-order valence-corrected chi connectivity index (χ2v) is 6.89. The fourth-order valence-corrected chi connectivity index (χ4v) is 3.54. The molecule has 2 heterocycles. The Hall–Kier alpha value is -2.79. The molecule has 0 aliphatic rings. The quantitative estimate of drug-likeness (QED) is 0.474. The van der Waals surface area contributed by atoms with Gasteiger partial charge in [0.15, 0.2) is 0 Å². The molecule has 0 N–H and O–H groups in total. The zero-order valence-electron chi connectivity index (χ0n) is 14.9. The van der Waals surface area contributed by atoms with Crippen LogP contribution in [-0.4, -0.2) is 27.7 Å². The number of fused-ring (bicyclic) bond motifs is 1. The van der Waals surface area contributed by atoms with Gasteiger partial charge in [-0.05, 0) is 55.1 Å². The van der Waals surface area contributed by atoms with E-state index in [0.717, 1.165) is 33.8 Å². The van der Waals surface area contributed by atoms with Crippen LogP contribution in [0.2, 0.25) is 0 Å². The highest BCUT2D eigenvalue weighted by molar-refractivity contribution is 7.98. The molecule has 0 aliphatic carbocycles. The third-order valence-electron chi connectivity index (χ3n) is 4.46. The van der Waals surface area contributed by atoms with Gasteiger partial charge in [0.05, 0.1) is 18.5 Å². The summed E-state index contributed by atoms with van der Waals surface area (Å²) in [5, 5.41) is 0. The molecule has 2 aromatic heterocycles. The predicted octanol–water partition coefficient (Wildman–Crippen LogP) is 5.10. The van der Waals surface area contributed by atoms with Gasteiger partial charge >= 0.3 is 0 Å². The zero-order valence-corrected chi connectivity index (χ0v) is 15.7. The number of aryl methyl sites for hydroxylation is 1. The van der Waals surface area contributed by atoms with Crippen molar-refractivity contribution >= 4 is 17.5 Å². The lowest BCUT2D eigenvalue weighted by molar-refractivity contribution is 0.414. The van der Waals surface area contributed by atoms with E-state index in [9.17, 15) is 0 Å². The van der Waals surface area contributed by atoms with Gasteiger partial charge in [0, 0.05) is 28.4 Å². The van der Waals surface area contributed by atoms with E-state index >= 15 is 0 Å². The van der Waals surface area contributed by atoms with Gasteiger partial charge in [-0.3, -0.25) is 4.40 Å². The summed E-state index contributed by atoms with van der Waals surface area (Å²) in [6.07, 6.45) is 5.86. The molecule has 0 amide bonds. The summed E-state index contributed by atoms with van der Waals surface area (Å²) >= 11 is 1.74. The Morgan fingerprint density at radius 3 is 2.58 bits per heavy atom. The fraction of sp³-hybridized carbons (Fsp3) is 0.143. The van der Waals surface area contributed by atoms with E-state index in [2.05, 4.69) is 48.5 Å². The molecule has 5 heteroatoms. The van der Waals surface area contributed by atoms with E-state index in [4.69, 9.17) is 9.72 Å². The van der Waals surface area contributed by atoms with Crippen molar-refractivity contribution in [1.82, 2.24) is 14.4 Å². The molecule has 0 bridgehead atoms. The maximum atomic E-state index is 5.34. The first-order chi connectivity index (χ1) is 12.7. The number of aromatic nitrogens is 3. The summed E-state index contributed by atoms with van der Waals surface area (Å²) < 4.78 is 7.39. The van der Waals surface area contributed by atoms with Crippen molar-refractivity contribution in [2.75, 3.05) is 13.4 Å². The molecule has 4 nitrogen and oxygen atoms in total. The number of hydrogen-bond donors (Lipinski definition) is 0. The molecule has 4 aromatic rings. The first-order valence-corrected chi connectivity index (χ1v) is 9.56. The van der Waals surface area contributed by atoms with Crippen LogP contribution in [0.3, 0.4) is 0 Å². The summed E-state index contributed by atoms with van der Waals surface area (Å²) in [6.45, 7) is 2.08. The molecule has 0 unspecified atom stereocenters. The van der Waals surface area contributed by atoms with Gasteiger partial charge in [-0.25, -0.2) is 9.97 Å². The van der Waals surface area contributed by atoms with E-state index in [-0.39, 0.29) is 0 Å². The van der Waals surface area contributed by atoms with Crippen LogP contribution in [0.1, 0.15) is 5.56 Å². The van der Waals surface area contributed by atoms with Crippen molar-refractivity contribution in [2.45, 2.75) is 11.8 Å². The Labute approximate surface area is 156 Å². The lowest BCUT2D eigenvalue weighted by atomic mass is 10.0. The zero-order chi connectivity index (χ0) is 18.1. The Balaban J connectivity index is 1.97. The van der Waals surface area contributed by atoms with Crippen molar-refractivity contribution in [3.8, 4) is 28.3 Å². The number of benzene rings is 2. The normalized spacial score (nSPS) is 11.0. The highest BCUT2D eigenvalue weighted by Gasteiger charge is 2.18. The van der Waals surface area contributed by atoms with E-state index in [0.29, 0.717) is 5.78 Å². The van der Waals surface area contributed by atoms with Gasteiger partial charge in [-0.1, -0.05) is 12.1 Å². The number of ether oxygens (including phenoxy) is 1. The molecule has 0 aliphatic heterocycles. The molecular formula is C21H19N3OS. The van der Waals surface area contributed by atoms with Gasteiger partial charge in [-0.2, -0.15) is 0 Å². The largest absolute Gasteiger partial charge is 0.497 e. The molecule has 4 rings (SSSR count). The SMILES string of the molecule is COc1ccc(-c2nc3ncccn3c2-c2ccc(SC)cc2)c(C)c1. The van der Waals surface area contributed by atoms with Crippen LogP contribution in [0, 0.1) is 6.92 Å². The van der Waals surface area contributed by atoms with Gasteiger partial charge < -0.3 is 4.74 Å². The van der Waals surface area contributed by atoms with E-state index in [1.54, 1.807) is 25.1 Å². The molecule has 0 spiro atoms. The standard InChI is InChI=1S/C21H19N3OS/c1-14-13-16(25-2)7-10-18(14)19-20(15-5-8-17(26-3)9-6-15)24-12-4-11-22-21(24)23-19/h4-13H,1-3H3. The molecule has 0 atom stereocenters. The van der Waals surface area contributed by atoms with Gasteiger partial charge in [0.25, 0.3) is 0 Å². The number of thioether (sulfide) groups is 1. The molecule has 0 saturated heterocycles. The number of rotatable bonds is 4. The molecule has 130 valence electrons. The molecule has 26 heavy (non-hydrogen) atoms. The van der Waals surface area contributed by atoms with Crippen LogP contribution < -0.4 is 4.74 Å². The second-order valence-electron chi connectivity index (χ2n) is 6.01. The number of methoxy groups -OCH3 is 1. The van der Waals surface area contributed by atoms with Gasteiger partial charge in [-0.15, -0.1) is 11.8 Å². The third kappa shape index (κ3) is 2.84. The fourth-order valence-electron chi connectivity index (χ4n) is 3.13. The van der Waals surface area contributed by atoms with Crippen LogP contribution in [0.15, 0.2) is 65.8 Å². The average molecular weight is 361 g/mol. The maximum absolute atomic E-state index is 5.34. The smallest absolute Gasteiger partial charge is 0.234 e. The Morgan fingerprint density at radius 1 is 1.08 bits per heavy atom. The molecule has 0 fully saturated rings. The minimum atomic E-state index is 0.696. The third-order valence-corrected chi connectivity index (χ3v) is 5.20. The van der Waals surface area contributed by atoms with Crippen LogP contribution in [0.5, 0.6) is 5.75 Å². The van der Waals surface area contributed by atoms with Crippen LogP contribution in [0.4, 0.5) is 0 Å². The molecule has 2 aromatic carbocycles. The summed E-state index contributed by atoms with van der Waals surface area (Å²) in [5.74, 6) is 1.54. The minimum Gasteiger partial charge on any atom is -0.497 e. The number of hydrogen-bond acceptors (Lipinski definition) is 4. The highest BCUT2D eigenvalue weighted by Crippen LogP contribution is 2.35. The molecular weight excluding hydrogens is 342 g/mol. The number of imidazole rings is 1. The summed E-state index contributed by atoms with van der Waals surface area (Å²) in [7, 11) is 1.68. The van der Waals surface area contributed by atoms with Crippen molar-refractivity contribution in [1.29, 1.82) is 0 Å². The van der Waals surface area contributed by atoms with E-state index in [1.807, 2.05) is 28.8 Å². The number of nitrogens with zero attached hydrogens (tertiary/aromatic N) is 3. The monoisotopic (exact) mass is 361 g/mol. The lowest BCUT2D eigenvalue weighted by Crippen LogP contribution is -1.92. The maximum Gasteiger partial charge on any atom is 0.234 e. The van der Waals surface area contributed by atoms with E-state index < -0.39 is 0 Å². The molecule has 0 saturated carbocycles. The van der Waals surface area contributed by atoms with Gasteiger partial charge in [0.2, 0.25) is 5.78 Å². The van der Waals surface area contributed by atoms with Crippen molar-refractivity contribution < 1.29 is 4.74 Å². The lowest BCUT2D eigenvalue weighted by Gasteiger charge is -2.10. The van der Waals surface area contributed by atoms with Crippen molar-refractivity contribution in [3.05, 3.63) is 66.5 Å². The van der Waals surface area contributed by atoms with E-state index in [1.165, 1.54) is 4.90 Å². The summed E-state index contributed by atoms with van der Waals surface area (Å²) in [5.41, 5.74) is 5.30. The topological polar surface area (TPSA) is 39.4 Å².